The molecule has 0 spiro atoms. The first kappa shape index (κ1) is 14.6. The van der Waals surface area contributed by atoms with Gasteiger partial charge in [0.2, 0.25) is 0 Å². The summed E-state index contributed by atoms with van der Waals surface area (Å²) in [5, 5.41) is 0.398. The summed E-state index contributed by atoms with van der Waals surface area (Å²) in [7, 11) is 0. The Morgan fingerprint density at radius 1 is 1.16 bits per heavy atom. The minimum absolute atomic E-state index is 0.0167. The lowest BCUT2D eigenvalue weighted by molar-refractivity contribution is 0.00804. The van der Waals surface area contributed by atoms with Crippen LogP contribution in [0.4, 0.5) is 0 Å². The highest BCUT2D eigenvalue weighted by atomic mass is 35.5. The van der Waals surface area contributed by atoms with Crippen LogP contribution in [0.3, 0.4) is 0 Å². The molecule has 104 valence electrons. The number of hydrogen-bond acceptors (Lipinski definition) is 3. The van der Waals surface area contributed by atoms with Crippen LogP contribution in [0, 0.1) is 11.8 Å². The van der Waals surface area contributed by atoms with Crippen LogP contribution < -0.4 is 0 Å². The van der Waals surface area contributed by atoms with E-state index in [1.807, 2.05) is 0 Å². The summed E-state index contributed by atoms with van der Waals surface area (Å²) >= 11 is 11.6. The molecule has 19 heavy (non-hydrogen) atoms. The molecule has 0 amide bonds. The Morgan fingerprint density at radius 2 is 1.68 bits per heavy atom. The Morgan fingerprint density at radius 3 is 2.21 bits per heavy atom. The second-order valence-electron chi connectivity index (χ2n) is 5.45. The number of carbonyl (C=O) groups is 1. The number of nitrogens with zero attached hydrogens (tertiary/aromatic N) is 1. The minimum atomic E-state index is -0.377. The SMILES string of the molecule is CC1CC(C)CC(OC(=O)c2cc(Cl)nc(Cl)c2)C1. The quantitative estimate of drug-likeness (QED) is 0.601. The fourth-order valence-corrected chi connectivity index (χ4v) is 3.23. The zero-order valence-electron chi connectivity index (χ0n) is 11.0. The third-order valence-electron chi connectivity index (χ3n) is 3.41. The number of pyridine rings is 1. The molecule has 3 nitrogen and oxygen atoms in total. The standard InChI is InChI=1S/C14H17Cl2NO2/c1-8-3-9(2)5-11(4-8)19-14(18)10-6-12(15)17-13(16)7-10/h6-9,11H,3-5H2,1-2H3. The number of ether oxygens (including phenoxy) is 1. The van der Waals surface area contributed by atoms with Crippen LogP contribution in [0.5, 0.6) is 0 Å². The van der Waals surface area contributed by atoms with Crippen molar-refractivity contribution in [1.29, 1.82) is 0 Å². The second kappa shape index (κ2) is 6.10. The Hall–Kier alpha value is -0.800. The molecule has 1 aliphatic carbocycles. The van der Waals surface area contributed by atoms with Gasteiger partial charge in [0, 0.05) is 0 Å². The van der Waals surface area contributed by atoms with Gasteiger partial charge >= 0.3 is 5.97 Å². The first-order valence-corrected chi connectivity index (χ1v) is 7.23. The van der Waals surface area contributed by atoms with Gasteiger partial charge in [0.25, 0.3) is 0 Å². The van der Waals surface area contributed by atoms with Gasteiger partial charge in [-0.1, -0.05) is 37.0 Å². The first-order chi connectivity index (χ1) is 8.94. The van der Waals surface area contributed by atoms with Crippen LogP contribution in [0.15, 0.2) is 12.1 Å². The molecule has 5 heteroatoms. The zero-order chi connectivity index (χ0) is 14.0. The minimum Gasteiger partial charge on any atom is -0.459 e. The Kier molecular flexibility index (Phi) is 4.69. The van der Waals surface area contributed by atoms with E-state index in [0.717, 1.165) is 12.8 Å². The molecule has 0 saturated heterocycles. The predicted molar refractivity (Wildman–Crippen MR) is 75.6 cm³/mol. The van der Waals surface area contributed by atoms with Gasteiger partial charge in [-0.05, 0) is 43.2 Å². The van der Waals surface area contributed by atoms with Crippen LogP contribution in [-0.4, -0.2) is 17.1 Å². The molecule has 1 heterocycles. The maximum Gasteiger partial charge on any atom is 0.338 e. The lowest BCUT2D eigenvalue weighted by Crippen LogP contribution is -2.28. The van der Waals surface area contributed by atoms with E-state index in [1.165, 1.54) is 18.6 Å². The molecule has 1 aliphatic rings. The fourth-order valence-electron chi connectivity index (χ4n) is 2.77. The maximum absolute atomic E-state index is 12.1. The number of carbonyl (C=O) groups excluding carboxylic acids is 1. The normalized spacial score (nSPS) is 27.1. The lowest BCUT2D eigenvalue weighted by atomic mass is 9.82. The highest BCUT2D eigenvalue weighted by Gasteiger charge is 2.27. The summed E-state index contributed by atoms with van der Waals surface area (Å²) in [6.45, 7) is 4.38. The van der Waals surface area contributed by atoms with Crippen LogP contribution in [0.1, 0.15) is 43.5 Å². The number of aromatic nitrogens is 1. The van der Waals surface area contributed by atoms with Gasteiger partial charge < -0.3 is 4.74 Å². The third kappa shape index (κ3) is 4.08. The molecule has 0 radical (unpaired) electrons. The number of rotatable bonds is 2. The van der Waals surface area contributed by atoms with Gasteiger partial charge in [0.05, 0.1) is 5.56 Å². The van der Waals surface area contributed by atoms with E-state index >= 15 is 0 Å². The molecule has 2 atom stereocenters. The lowest BCUT2D eigenvalue weighted by Gasteiger charge is -2.31. The van der Waals surface area contributed by atoms with Gasteiger partial charge in [-0.3, -0.25) is 0 Å². The molecule has 0 N–H and O–H groups in total. The number of esters is 1. The summed E-state index contributed by atoms with van der Waals surface area (Å²) in [5.41, 5.74) is 0.357. The maximum atomic E-state index is 12.1. The van der Waals surface area contributed by atoms with Crippen molar-refractivity contribution < 1.29 is 9.53 Å². The van der Waals surface area contributed by atoms with Crippen molar-refractivity contribution in [2.75, 3.05) is 0 Å². The molecule has 1 aromatic heterocycles. The van der Waals surface area contributed by atoms with Crippen LogP contribution in [0.25, 0.3) is 0 Å². The van der Waals surface area contributed by atoms with Gasteiger partial charge in [0.1, 0.15) is 16.4 Å². The van der Waals surface area contributed by atoms with Gasteiger partial charge in [0.15, 0.2) is 0 Å². The van der Waals surface area contributed by atoms with E-state index in [0.29, 0.717) is 17.4 Å². The Labute approximate surface area is 123 Å². The van der Waals surface area contributed by atoms with Gasteiger partial charge in [-0.15, -0.1) is 0 Å². The van der Waals surface area contributed by atoms with Crippen LogP contribution in [-0.2, 0) is 4.74 Å². The molecule has 2 rings (SSSR count). The van der Waals surface area contributed by atoms with Crippen molar-refractivity contribution in [1.82, 2.24) is 4.98 Å². The average molecular weight is 302 g/mol. The molecule has 0 aliphatic heterocycles. The van der Waals surface area contributed by atoms with E-state index in [2.05, 4.69) is 18.8 Å². The molecule has 0 bridgehead atoms. The topological polar surface area (TPSA) is 39.2 Å². The number of hydrogen-bond donors (Lipinski definition) is 0. The van der Waals surface area contributed by atoms with Gasteiger partial charge in [-0.25, -0.2) is 9.78 Å². The van der Waals surface area contributed by atoms with Crippen molar-refractivity contribution >= 4 is 29.2 Å². The zero-order valence-corrected chi connectivity index (χ0v) is 12.5. The van der Waals surface area contributed by atoms with Crippen LogP contribution in [0.2, 0.25) is 10.3 Å². The van der Waals surface area contributed by atoms with Gasteiger partial charge in [-0.2, -0.15) is 0 Å². The Bertz CT molecular complexity index is 448. The summed E-state index contributed by atoms with van der Waals surface area (Å²) in [6, 6.07) is 2.96. The van der Waals surface area contributed by atoms with E-state index in [4.69, 9.17) is 27.9 Å². The molecule has 2 unspecified atom stereocenters. The summed E-state index contributed by atoms with van der Waals surface area (Å²) in [6.07, 6.45) is 3.02. The summed E-state index contributed by atoms with van der Waals surface area (Å²) in [4.78, 5) is 15.9. The van der Waals surface area contributed by atoms with E-state index in [-0.39, 0.29) is 22.4 Å². The smallest absolute Gasteiger partial charge is 0.338 e. The summed E-state index contributed by atoms with van der Waals surface area (Å²) < 4.78 is 5.54. The highest BCUT2D eigenvalue weighted by molar-refractivity contribution is 6.32. The fraction of sp³-hybridized carbons (Fsp3) is 0.571. The van der Waals surface area contributed by atoms with Crippen molar-refractivity contribution in [3.05, 3.63) is 28.0 Å². The predicted octanol–water partition coefficient (Wildman–Crippen LogP) is 4.37. The van der Waals surface area contributed by atoms with E-state index in [9.17, 15) is 4.79 Å². The first-order valence-electron chi connectivity index (χ1n) is 6.48. The molecule has 1 aromatic rings. The monoisotopic (exact) mass is 301 g/mol. The highest BCUT2D eigenvalue weighted by Crippen LogP contribution is 2.31. The van der Waals surface area contributed by atoms with Crippen molar-refractivity contribution in [3.63, 3.8) is 0 Å². The largest absolute Gasteiger partial charge is 0.459 e. The Balaban J connectivity index is 2.04. The van der Waals surface area contributed by atoms with Crippen molar-refractivity contribution in [2.45, 2.75) is 39.2 Å². The van der Waals surface area contributed by atoms with Crippen LogP contribution >= 0.6 is 23.2 Å². The van der Waals surface area contributed by atoms with Crippen molar-refractivity contribution in [3.8, 4) is 0 Å². The third-order valence-corrected chi connectivity index (χ3v) is 3.79. The molecular formula is C14H17Cl2NO2. The average Bonchev–Trinajstić information content (AvgIpc) is 2.25. The molecule has 1 saturated carbocycles. The molecule has 1 fully saturated rings. The molecular weight excluding hydrogens is 285 g/mol. The second-order valence-corrected chi connectivity index (χ2v) is 6.22. The number of halogens is 2. The van der Waals surface area contributed by atoms with E-state index in [1.54, 1.807) is 0 Å². The van der Waals surface area contributed by atoms with E-state index < -0.39 is 0 Å². The molecule has 0 aromatic carbocycles. The van der Waals surface area contributed by atoms with Crippen molar-refractivity contribution in [2.24, 2.45) is 11.8 Å². The summed E-state index contributed by atoms with van der Waals surface area (Å²) in [5.74, 6) is 0.801.